The largest absolute Gasteiger partial charge is 0.466 e. The van der Waals surface area contributed by atoms with Crippen molar-refractivity contribution in [3.05, 3.63) is 48.6 Å². The molecule has 0 saturated carbocycles. The van der Waals surface area contributed by atoms with E-state index in [0.29, 0.717) is 19.4 Å². The monoisotopic (exact) mass is 1230 g/mol. The Balaban J connectivity index is 1.96. The molecule has 1 rings (SSSR count). The molecule has 1 fully saturated rings. The molecule has 0 aromatic carbocycles. The first-order valence-corrected chi connectivity index (χ1v) is 37.4. The number of unbranched alkanes of at least 4 members (excludes halogenated alkanes) is 46. The normalized spacial score (nSPS) is 18.1. The maximum Gasteiger partial charge on any atom is 0.305 e. The molecule has 11 nitrogen and oxygen atoms in total. The summed E-state index contributed by atoms with van der Waals surface area (Å²) in [7, 11) is 0. The second kappa shape index (κ2) is 65.1. The van der Waals surface area contributed by atoms with E-state index in [1.54, 1.807) is 6.08 Å². The van der Waals surface area contributed by atoms with Gasteiger partial charge in [0.15, 0.2) is 6.29 Å². The lowest BCUT2D eigenvalue weighted by molar-refractivity contribution is -0.302. The number of carbonyl (C=O) groups is 2. The van der Waals surface area contributed by atoms with E-state index in [-0.39, 0.29) is 18.5 Å². The standard InChI is InChI=1S/C76H141NO10/c1-3-5-7-9-11-13-15-17-39-42-46-50-54-58-62-69(79)68(67-86-76-75(84)74(83)73(82)70(66-78)87-76)77-71(80)63-59-55-51-47-43-40-37-35-33-31-29-27-25-23-21-19-18-20-22-24-26-28-30-32-34-36-38-41-45-49-53-57-61-65-85-72(81)64-60-56-52-48-44-16-14-12-10-8-6-4-2/h13,15,22,24,42,46,58,62,68-70,73-76,78-79,82-84H,3-12,14,16-21,23,25-41,43-45,47-57,59-61,63-67H2,1-2H3,(H,77,80)/b15-13+,24-22-,46-42+,62-58+. The van der Waals surface area contributed by atoms with Crippen LogP contribution in [-0.4, -0.2) is 100 Å². The van der Waals surface area contributed by atoms with Crippen LogP contribution in [0.2, 0.25) is 0 Å². The SMILES string of the molecule is CCCCCC/C=C/CC/C=C/CC/C=C/C(O)C(COC1OC(CO)C(O)C(O)C1O)NC(=O)CCCCCCCCCCCCCCCCCCC/C=C\CCCCCCCCCCCCCCOC(=O)CCCCCCCCCCCCCC. The molecule has 1 amide bonds. The van der Waals surface area contributed by atoms with Crippen molar-refractivity contribution in [2.24, 2.45) is 0 Å². The minimum atomic E-state index is -1.58. The van der Waals surface area contributed by atoms with Crippen LogP contribution >= 0.6 is 0 Å². The van der Waals surface area contributed by atoms with Gasteiger partial charge in [-0.05, 0) is 83.5 Å². The van der Waals surface area contributed by atoms with Crippen LogP contribution in [0.1, 0.15) is 361 Å². The maximum atomic E-state index is 13.1. The summed E-state index contributed by atoms with van der Waals surface area (Å²) in [5.74, 6) is -0.180. The minimum absolute atomic E-state index is 0.0120. The van der Waals surface area contributed by atoms with E-state index in [9.17, 15) is 35.1 Å². The molecule has 0 aromatic rings. The molecule has 0 aromatic heterocycles. The maximum absolute atomic E-state index is 13.1. The van der Waals surface area contributed by atoms with Crippen LogP contribution in [0.3, 0.4) is 0 Å². The summed E-state index contributed by atoms with van der Waals surface area (Å²) >= 11 is 0. The predicted octanol–water partition coefficient (Wildman–Crippen LogP) is 19.5. The first kappa shape index (κ1) is 82.6. The highest BCUT2D eigenvalue weighted by molar-refractivity contribution is 5.76. The molecule has 87 heavy (non-hydrogen) atoms. The summed E-state index contributed by atoms with van der Waals surface area (Å²) in [5, 5.41) is 54.5. The molecule has 7 atom stereocenters. The summed E-state index contributed by atoms with van der Waals surface area (Å²) < 4.78 is 16.7. The van der Waals surface area contributed by atoms with Crippen molar-refractivity contribution in [2.75, 3.05) is 19.8 Å². The van der Waals surface area contributed by atoms with Crippen molar-refractivity contribution in [1.29, 1.82) is 0 Å². The van der Waals surface area contributed by atoms with Gasteiger partial charge >= 0.3 is 5.97 Å². The van der Waals surface area contributed by atoms with Crippen LogP contribution in [0.15, 0.2) is 48.6 Å². The molecule has 0 bridgehead atoms. The number of esters is 1. The van der Waals surface area contributed by atoms with Crippen molar-refractivity contribution in [3.8, 4) is 0 Å². The van der Waals surface area contributed by atoms with Crippen LogP contribution in [0.25, 0.3) is 0 Å². The van der Waals surface area contributed by atoms with Crippen molar-refractivity contribution in [1.82, 2.24) is 5.32 Å². The number of carbonyl (C=O) groups excluding carboxylic acids is 2. The lowest BCUT2D eigenvalue weighted by Gasteiger charge is -2.40. The Morgan fingerprint density at radius 2 is 0.747 bits per heavy atom. The third-order valence-corrected chi connectivity index (χ3v) is 17.6. The van der Waals surface area contributed by atoms with E-state index < -0.39 is 49.5 Å². The van der Waals surface area contributed by atoms with Gasteiger partial charge in [-0.3, -0.25) is 9.59 Å². The molecule has 1 heterocycles. The average Bonchev–Trinajstić information content (AvgIpc) is 1.86. The van der Waals surface area contributed by atoms with E-state index in [0.717, 1.165) is 64.2 Å². The predicted molar refractivity (Wildman–Crippen MR) is 366 cm³/mol. The number of amides is 1. The Hall–Kier alpha value is -2.38. The van der Waals surface area contributed by atoms with Gasteiger partial charge in [0.2, 0.25) is 5.91 Å². The van der Waals surface area contributed by atoms with Gasteiger partial charge in [-0.15, -0.1) is 0 Å². The van der Waals surface area contributed by atoms with Crippen molar-refractivity contribution >= 4 is 11.9 Å². The first-order valence-electron chi connectivity index (χ1n) is 37.4. The minimum Gasteiger partial charge on any atom is -0.466 e. The van der Waals surface area contributed by atoms with Gasteiger partial charge in [0.05, 0.1) is 32.0 Å². The van der Waals surface area contributed by atoms with E-state index in [1.807, 2.05) is 6.08 Å². The van der Waals surface area contributed by atoms with Crippen molar-refractivity contribution in [2.45, 2.75) is 403 Å². The number of allylic oxidation sites excluding steroid dienone is 7. The number of ether oxygens (including phenoxy) is 3. The van der Waals surface area contributed by atoms with Crippen molar-refractivity contribution < 1.29 is 49.3 Å². The third-order valence-electron chi connectivity index (χ3n) is 17.6. The molecule has 7 unspecified atom stereocenters. The molecule has 0 aliphatic carbocycles. The first-order chi connectivity index (χ1) is 42.7. The molecule has 510 valence electrons. The lowest BCUT2D eigenvalue weighted by Crippen LogP contribution is -2.60. The fourth-order valence-electron chi connectivity index (χ4n) is 11.8. The molecular weight excluding hydrogens is 1090 g/mol. The fraction of sp³-hybridized carbons (Fsp3) is 0.868. The number of aliphatic hydroxyl groups excluding tert-OH is 5. The quantitative estimate of drug-likeness (QED) is 0.0195. The van der Waals surface area contributed by atoms with Gasteiger partial charge in [-0.1, -0.05) is 313 Å². The van der Waals surface area contributed by atoms with E-state index >= 15 is 0 Å². The zero-order valence-electron chi connectivity index (χ0n) is 56.7. The zero-order valence-corrected chi connectivity index (χ0v) is 56.7. The van der Waals surface area contributed by atoms with E-state index in [4.69, 9.17) is 14.2 Å². The lowest BCUT2D eigenvalue weighted by atomic mass is 9.99. The summed E-state index contributed by atoms with van der Waals surface area (Å²) in [5.41, 5.74) is 0. The highest BCUT2D eigenvalue weighted by Crippen LogP contribution is 2.23. The van der Waals surface area contributed by atoms with Gasteiger partial charge in [-0.2, -0.15) is 0 Å². The van der Waals surface area contributed by atoms with E-state index in [1.165, 1.54) is 270 Å². The number of hydrogen-bond acceptors (Lipinski definition) is 10. The van der Waals surface area contributed by atoms with Gasteiger partial charge in [-0.25, -0.2) is 0 Å². The smallest absolute Gasteiger partial charge is 0.305 e. The highest BCUT2D eigenvalue weighted by atomic mass is 16.7. The summed E-state index contributed by atoms with van der Waals surface area (Å²) in [6, 6.07) is -0.833. The zero-order chi connectivity index (χ0) is 63.0. The van der Waals surface area contributed by atoms with Crippen LogP contribution in [0.5, 0.6) is 0 Å². The third kappa shape index (κ3) is 53.9. The topological polar surface area (TPSA) is 175 Å². The number of aliphatic hydroxyl groups is 5. The fourth-order valence-corrected chi connectivity index (χ4v) is 11.8. The van der Waals surface area contributed by atoms with E-state index in [2.05, 4.69) is 55.6 Å². The van der Waals surface area contributed by atoms with Gasteiger partial charge in [0.1, 0.15) is 24.4 Å². The molecule has 1 saturated heterocycles. The Kier molecular flexibility index (Phi) is 61.9. The number of rotatable bonds is 66. The van der Waals surface area contributed by atoms with Crippen LogP contribution in [-0.2, 0) is 23.8 Å². The molecule has 1 aliphatic heterocycles. The molecule has 0 radical (unpaired) electrons. The van der Waals surface area contributed by atoms with Crippen molar-refractivity contribution in [3.63, 3.8) is 0 Å². The van der Waals surface area contributed by atoms with Gasteiger partial charge < -0.3 is 45.1 Å². The summed E-state index contributed by atoms with van der Waals surface area (Å²) in [6.07, 6.45) is 75.5. The molecular formula is C76H141NO10. The molecule has 0 spiro atoms. The second-order valence-corrected chi connectivity index (χ2v) is 26.0. The van der Waals surface area contributed by atoms with Gasteiger partial charge in [0, 0.05) is 12.8 Å². The van der Waals surface area contributed by atoms with Crippen LogP contribution in [0, 0.1) is 0 Å². The molecule has 6 N–H and O–H groups in total. The second-order valence-electron chi connectivity index (χ2n) is 26.0. The Morgan fingerprint density at radius 1 is 0.414 bits per heavy atom. The molecule has 1 aliphatic rings. The van der Waals surface area contributed by atoms with Crippen LogP contribution in [0.4, 0.5) is 0 Å². The Morgan fingerprint density at radius 3 is 1.15 bits per heavy atom. The molecule has 11 heteroatoms. The average molecular weight is 1230 g/mol. The van der Waals surface area contributed by atoms with Gasteiger partial charge in [0.25, 0.3) is 0 Å². The summed E-state index contributed by atoms with van der Waals surface area (Å²) in [4.78, 5) is 25.1. The Bertz CT molecular complexity index is 1580. The number of hydrogen-bond donors (Lipinski definition) is 6. The number of nitrogens with one attached hydrogen (secondary N) is 1. The Labute approximate surface area is 536 Å². The highest BCUT2D eigenvalue weighted by Gasteiger charge is 2.44. The summed E-state index contributed by atoms with van der Waals surface area (Å²) in [6.45, 7) is 4.34. The van der Waals surface area contributed by atoms with Crippen LogP contribution < -0.4 is 5.32 Å².